The number of nitrogens with one attached hydrogen (secondary N) is 2. The lowest BCUT2D eigenvalue weighted by Crippen LogP contribution is -2.51. The van der Waals surface area contributed by atoms with E-state index in [0.29, 0.717) is 47.9 Å². The number of carbonyl (C=O) groups is 4. The molecular formula is C30H52B4N2O5S2. The summed E-state index contributed by atoms with van der Waals surface area (Å²) < 4.78 is 6.09. The molecule has 0 spiro atoms. The molecule has 7 nitrogen and oxygen atoms in total. The third kappa shape index (κ3) is 15.0. The molecule has 236 valence electrons. The zero-order valence-electron chi connectivity index (χ0n) is 28.1. The molecule has 0 bridgehead atoms. The van der Waals surface area contributed by atoms with E-state index in [1.54, 1.807) is 23.5 Å². The van der Waals surface area contributed by atoms with Crippen LogP contribution in [0, 0.1) is 10.8 Å². The molecule has 13 heteroatoms. The molecule has 4 unspecified atom stereocenters. The Bertz CT molecular complexity index is 954. The van der Waals surface area contributed by atoms with Crippen molar-refractivity contribution >= 4 is 76.4 Å². The first-order valence-electron chi connectivity index (χ1n) is 15.3. The van der Waals surface area contributed by atoms with Crippen molar-refractivity contribution in [3.8, 4) is 0 Å². The van der Waals surface area contributed by atoms with Gasteiger partial charge in [-0.2, -0.15) is 23.5 Å². The van der Waals surface area contributed by atoms with Crippen LogP contribution in [-0.4, -0.2) is 105 Å². The molecule has 0 aliphatic heterocycles. The first-order valence-corrected chi connectivity index (χ1v) is 17.4. The largest absolute Gasteiger partial charge is 0.376 e. The van der Waals surface area contributed by atoms with Gasteiger partial charge in [0.1, 0.15) is 20.1 Å². The van der Waals surface area contributed by atoms with E-state index in [1.165, 1.54) is 0 Å². The number of ether oxygens (including phenoxy) is 1. The number of thioether (sulfide) groups is 2. The number of Topliss-reactive ketones (excluding diaryl/α,β-unsaturated/α-hetero) is 1. The fraction of sp³-hybridized carbons (Fsp3) is 0.867. The van der Waals surface area contributed by atoms with Crippen molar-refractivity contribution in [2.75, 3.05) is 18.1 Å². The monoisotopic (exact) mass is 628 g/mol. The number of hydrogen-bond acceptors (Lipinski definition) is 8. The van der Waals surface area contributed by atoms with E-state index in [9.17, 15) is 19.2 Å². The van der Waals surface area contributed by atoms with Crippen LogP contribution in [0.4, 0.5) is 0 Å². The summed E-state index contributed by atoms with van der Waals surface area (Å²) in [6.45, 7) is 19.7. The Morgan fingerprint density at radius 3 is 1.74 bits per heavy atom. The Hall–Kier alpha value is -0.640. The standard InChI is InChI=1S/C30H52B4N2O5S2/c1-27(2,3)23(37)13-14-30(9,10)41-16-15-29(7,8)26(40)35-19(24(38)33-31)17-42-21-11-12-22(21)43-18-20(25(39)34-32)36-28(4,5)6/h19-22,36H,11-18H2,1-10H3,(H,35,40). The van der Waals surface area contributed by atoms with Crippen LogP contribution in [0.1, 0.15) is 101 Å². The predicted molar refractivity (Wildman–Crippen MR) is 185 cm³/mol. The van der Waals surface area contributed by atoms with E-state index >= 15 is 0 Å². The second kappa shape index (κ2) is 17.3. The minimum atomic E-state index is -0.772. The van der Waals surface area contributed by atoms with Crippen LogP contribution >= 0.6 is 23.5 Å². The lowest BCUT2D eigenvalue weighted by molar-refractivity contribution is -0.133. The highest BCUT2D eigenvalue weighted by molar-refractivity contribution is 8.04. The Balaban J connectivity index is 2.65. The van der Waals surface area contributed by atoms with Gasteiger partial charge in [-0.05, 0) is 60.3 Å². The number of amides is 1. The maximum Gasteiger partial charge on any atom is 0.226 e. The SMILES string of the molecule is [B][B]C(=O)C(CSC1CCC1SCC(NC(C)(C)C)C(=O)[B][B])NC(=O)C(C)(C)CCOC(C)(C)CCC(=O)C(C)(C)C. The van der Waals surface area contributed by atoms with E-state index in [4.69, 9.17) is 20.2 Å². The topological polar surface area (TPSA) is 102 Å². The quantitative estimate of drug-likeness (QED) is 0.198. The van der Waals surface area contributed by atoms with E-state index < -0.39 is 17.1 Å². The van der Waals surface area contributed by atoms with Gasteiger partial charge in [-0.1, -0.05) is 34.6 Å². The molecule has 0 aromatic heterocycles. The fourth-order valence-electron chi connectivity index (χ4n) is 4.32. The third-order valence-electron chi connectivity index (χ3n) is 7.66. The van der Waals surface area contributed by atoms with Crippen LogP contribution in [0.5, 0.6) is 0 Å². The average Bonchev–Trinajstić information content (AvgIpc) is 2.87. The van der Waals surface area contributed by atoms with Crippen LogP contribution in [0.2, 0.25) is 0 Å². The van der Waals surface area contributed by atoms with Crippen LogP contribution in [0.25, 0.3) is 0 Å². The van der Waals surface area contributed by atoms with Crippen molar-refractivity contribution in [2.45, 2.75) is 135 Å². The number of ketones is 1. The summed E-state index contributed by atoms with van der Waals surface area (Å²) in [5, 5.41) is 6.95. The normalized spacial score (nSPS) is 19.1. The third-order valence-corrected chi connectivity index (χ3v) is 10.9. The van der Waals surface area contributed by atoms with Gasteiger partial charge < -0.3 is 25.0 Å². The van der Waals surface area contributed by atoms with E-state index in [-0.39, 0.29) is 40.1 Å². The van der Waals surface area contributed by atoms with Gasteiger partial charge in [-0.3, -0.25) is 9.59 Å². The van der Waals surface area contributed by atoms with Crippen molar-refractivity contribution in [2.24, 2.45) is 10.8 Å². The van der Waals surface area contributed by atoms with Gasteiger partial charge in [0.15, 0.2) is 0 Å². The Kier molecular flexibility index (Phi) is 16.3. The van der Waals surface area contributed by atoms with Gasteiger partial charge in [0.05, 0.1) is 29.0 Å². The molecule has 43 heavy (non-hydrogen) atoms. The van der Waals surface area contributed by atoms with E-state index in [0.717, 1.165) is 27.2 Å². The number of hydrogen-bond donors (Lipinski definition) is 2. The zero-order valence-corrected chi connectivity index (χ0v) is 29.8. The smallest absolute Gasteiger partial charge is 0.226 e. The molecule has 4 atom stereocenters. The molecule has 1 aliphatic carbocycles. The van der Waals surface area contributed by atoms with Crippen molar-refractivity contribution in [1.82, 2.24) is 10.6 Å². The van der Waals surface area contributed by atoms with Crippen LogP contribution in [-0.2, 0) is 23.9 Å². The predicted octanol–water partition coefficient (Wildman–Crippen LogP) is 3.46. The van der Waals surface area contributed by atoms with Crippen LogP contribution in [0.3, 0.4) is 0 Å². The highest BCUT2D eigenvalue weighted by atomic mass is 32.2. The molecular weight excluding hydrogens is 576 g/mol. The summed E-state index contributed by atoms with van der Waals surface area (Å²) in [6.07, 6.45) is 3.55. The van der Waals surface area contributed by atoms with Gasteiger partial charge >= 0.3 is 0 Å². The van der Waals surface area contributed by atoms with Crippen LogP contribution in [0.15, 0.2) is 0 Å². The lowest BCUT2D eigenvalue weighted by Gasteiger charge is -2.38. The summed E-state index contributed by atoms with van der Waals surface area (Å²) >= 11 is 3.41. The van der Waals surface area contributed by atoms with Crippen molar-refractivity contribution in [3.63, 3.8) is 0 Å². The first-order chi connectivity index (χ1) is 19.6. The second-order valence-electron chi connectivity index (χ2n) is 14.8. The lowest BCUT2D eigenvalue weighted by atomic mass is 9.51. The Morgan fingerprint density at radius 1 is 0.814 bits per heavy atom. The molecule has 6 radical (unpaired) electrons. The zero-order chi connectivity index (χ0) is 33.2. The Labute approximate surface area is 274 Å². The number of rotatable bonds is 20. The molecule has 0 aromatic rings. The van der Waals surface area contributed by atoms with Crippen molar-refractivity contribution in [3.05, 3.63) is 0 Å². The minimum Gasteiger partial charge on any atom is -0.376 e. The highest BCUT2D eigenvalue weighted by Gasteiger charge is 2.36. The molecule has 1 aliphatic rings. The van der Waals surface area contributed by atoms with Gasteiger partial charge in [0.2, 0.25) is 5.91 Å². The fourth-order valence-corrected chi connectivity index (χ4v) is 7.47. The Morgan fingerprint density at radius 2 is 1.30 bits per heavy atom. The average molecular weight is 628 g/mol. The van der Waals surface area contributed by atoms with Gasteiger partial charge in [0.25, 0.3) is 0 Å². The summed E-state index contributed by atoms with van der Waals surface area (Å²) in [7, 11) is 13.3. The molecule has 1 rings (SSSR count). The van der Waals surface area contributed by atoms with E-state index in [1.807, 2.05) is 69.2 Å². The van der Waals surface area contributed by atoms with Crippen molar-refractivity contribution < 1.29 is 23.9 Å². The van der Waals surface area contributed by atoms with Crippen molar-refractivity contribution in [1.29, 1.82) is 0 Å². The molecule has 0 aromatic carbocycles. The van der Waals surface area contributed by atoms with E-state index in [2.05, 4.69) is 10.6 Å². The molecule has 1 saturated carbocycles. The second-order valence-corrected chi connectivity index (χ2v) is 17.4. The molecule has 2 N–H and O–H groups in total. The molecule has 0 heterocycles. The summed E-state index contributed by atoms with van der Waals surface area (Å²) in [5.41, 5.74) is -2.30. The van der Waals surface area contributed by atoms with Gasteiger partial charge in [0, 0.05) is 66.9 Å². The van der Waals surface area contributed by atoms with Crippen LogP contribution < -0.4 is 10.6 Å². The van der Waals surface area contributed by atoms with Gasteiger partial charge in [-0.25, -0.2) is 0 Å². The summed E-state index contributed by atoms with van der Waals surface area (Å²) in [4.78, 5) is 50.6. The summed E-state index contributed by atoms with van der Waals surface area (Å²) in [6, 6.07) is -1.08. The molecule has 1 fully saturated rings. The maximum atomic E-state index is 13.3. The summed E-state index contributed by atoms with van der Waals surface area (Å²) in [5.74, 6) is 0.995. The number of carbonyl (C=O) groups excluding carboxylic acids is 4. The minimum absolute atomic E-state index is 0.120. The molecule has 1 amide bonds. The highest BCUT2D eigenvalue weighted by Crippen LogP contribution is 2.40. The molecule has 0 saturated heterocycles. The first kappa shape index (κ1) is 40.4. The van der Waals surface area contributed by atoms with Gasteiger partial charge in [-0.15, -0.1) is 0 Å². The maximum absolute atomic E-state index is 13.3.